The summed E-state index contributed by atoms with van der Waals surface area (Å²) in [5, 5.41) is 3.12. The zero-order chi connectivity index (χ0) is 24.1. The summed E-state index contributed by atoms with van der Waals surface area (Å²) in [5.41, 5.74) is 0.453. The average molecular weight is 488 g/mol. The van der Waals surface area contributed by atoms with Crippen molar-refractivity contribution in [3.8, 4) is 0 Å². The normalized spacial score (nSPS) is 12.2. The van der Waals surface area contributed by atoms with Crippen molar-refractivity contribution in [1.29, 1.82) is 0 Å². The molecule has 0 radical (unpaired) electrons. The fourth-order valence-corrected chi connectivity index (χ4v) is 3.91. The topological polar surface area (TPSA) is 86.8 Å². The number of amides is 2. The summed E-state index contributed by atoms with van der Waals surface area (Å²) in [7, 11) is -4.03. The predicted molar refractivity (Wildman–Crippen MR) is 119 cm³/mol. The summed E-state index contributed by atoms with van der Waals surface area (Å²) >= 11 is 5.90. The first kappa shape index (κ1) is 25.5. The van der Waals surface area contributed by atoms with E-state index in [9.17, 15) is 26.8 Å². The molecule has 0 saturated heterocycles. The largest absolute Gasteiger partial charge is 0.355 e. The van der Waals surface area contributed by atoms with Gasteiger partial charge in [0, 0.05) is 24.2 Å². The van der Waals surface area contributed by atoms with Crippen molar-refractivity contribution < 1.29 is 26.8 Å². The molecule has 0 spiro atoms. The number of carbonyl (C=O) groups excluding carboxylic acids is 2. The molecule has 1 N–H and O–H groups in total. The molecule has 0 heterocycles. The molecule has 2 rings (SSSR count). The van der Waals surface area contributed by atoms with E-state index >= 15 is 0 Å². The molecule has 0 aromatic heterocycles. The molecule has 1 unspecified atom stereocenters. The van der Waals surface area contributed by atoms with Gasteiger partial charge in [-0.25, -0.2) is 17.2 Å². The zero-order valence-electron chi connectivity index (χ0n) is 17.8. The van der Waals surface area contributed by atoms with Crippen LogP contribution < -0.4 is 9.62 Å². The number of anilines is 1. The number of rotatable bonds is 9. The molecule has 7 nitrogen and oxygen atoms in total. The van der Waals surface area contributed by atoms with Gasteiger partial charge in [-0.1, -0.05) is 23.7 Å². The van der Waals surface area contributed by atoms with Gasteiger partial charge in [-0.3, -0.25) is 13.9 Å². The molecule has 2 aromatic rings. The molecule has 0 fully saturated rings. The molecule has 174 valence electrons. The van der Waals surface area contributed by atoms with Crippen molar-refractivity contribution in [3.63, 3.8) is 0 Å². The number of halogens is 3. The summed E-state index contributed by atoms with van der Waals surface area (Å²) in [6.45, 7) is 2.88. The number of sulfonamides is 1. The van der Waals surface area contributed by atoms with E-state index in [1.54, 1.807) is 31.2 Å². The van der Waals surface area contributed by atoms with Crippen LogP contribution in [0.5, 0.6) is 0 Å². The molecule has 2 aromatic carbocycles. The van der Waals surface area contributed by atoms with E-state index in [0.717, 1.165) is 18.4 Å². The Balaban J connectivity index is 2.39. The van der Waals surface area contributed by atoms with Gasteiger partial charge in [-0.15, -0.1) is 0 Å². The van der Waals surface area contributed by atoms with Crippen molar-refractivity contribution in [2.24, 2.45) is 0 Å². The van der Waals surface area contributed by atoms with Gasteiger partial charge >= 0.3 is 0 Å². The molecule has 0 aliphatic carbocycles. The molecule has 32 heavy (non-hydrogen) atoms. The second-order valence-electron chi connectivity index (χ2n) is 7.09. The molecule has 2 amide bonds. The Hall–Kier alpha value is -2.72. The van der Waals surface area contributed by atoms with E-state index in [2.05, 4.69) is 5.32 Å². The minimum Gasteiger partial charge on any atom is -0.355 e. The Morgan fingerprint density at radius 3 is 2.25 bits per heavy atom. The van der Waals surface area contributed by atoms with Crippen LogP contribution in [0.3, 0.4) is 0 Å². The summed E-state index contributed by atoms with van der Waals surface area (Å²) in [6.07, 6.45) is 0.846. The smallest absolute Gasteiger partial charge is 0.244 e. The highest BCUT2D eigenvalue weighted by atomic mass is 35.5. The number of hydrogen-bond acceptors (Lipinski definition) is 4. The summed E-state index contributed by atoms with van der Waals surface area (Å²) < 4.78 is 52.4. The molecule has 11 heteroatoms. The van der Waals surface area contributed by atoms with Crippen molar-refractivity contribution >= 4 is 39.1 Å². The van der Waals surface area contributed by atoms with E-state index in [4.69, 9.17) is 11.6 Å². The maximum Gasteiger partial charge on any atom is 0.244 e. The van der Waals surface area contributed by atoms with Crippen LogP contribution in [0.2, 0.25) is 5.02 Å². The Morgan fingerprint density at radius 1 is 1.09 bits per heavy atom. The minimum absolute atomic E-state index is 0.00365. The molecular formula is C21H24ClF2N3O4S. The van der Waals surface area contributed by atoms with Crippen molar-refractivity contribution in [1.82, 2.24) is 10.2 Å². The lowest BCUT2D eigenvalue weighted by Gasteiger charge is -2.31. The third-order valence-corrected chi connectivity index (χ3v) is 6.05. The summed E-state index contributed by atoms with van der Waals surface area (Å²) in [5.74, 6) is -3.53. The van der Waals surface area contributed by atoms with Crippen LogP contribution in [0.25, 0.3) is 0 Å². The van der Waals surface area contributed by atoms with Gasteiger partial charge in [0.1, 0.15) is 12.6 Å². The van der Waals surface area contributed by atoms with Gasteiger partial charge in [-0.2, -0.15) is 0 Å². The van der Waals surface area contributed by atoms with Gasteiger partial charge in [0.05, 0.1) is 11.9 Å². The minimum atomic E-state index is -4.03. The van der Waals surface area contributed by atoms with Gasteiger partial charge in [-0.05, 0) is 43.7 Å². The van der Waals surface area contributed by atoms with Gasteiger partial charge < -0.3 is 10.2 Å². The zero-order valence-corrected chi connectivity index (χ0v) is 19.4. The van der Waals surface area contributed by atoms with Crippen molar-refractivity contribution in [2.45, 2.75) is 26.4 Å². The third kappa shape index (κ3) is 6.64. The lowest BCUT2D eigenvalue weighted by Crippen LogP contribution is -2.51. The van der Waals surface area contributed by atoms with Crippen LogP contribution in [0, 0.1) is 11.6 Å². The number of likely N-dealkylation sites (N-methyl/N-ethyl adjacent to an activating group) is 1. The molecule has 0 bridgehead atoms. The first-order valence-corrected chi connectivity index (χ1v) is 11.9. The Kier molecular flexibility index (Phi) is 8.57. The standard InChI is InChI=1S/C21H24ClF2N3O4S/c1-4-25-21(29)14(2)26(12-15-5-7-16(22)8-6-15)20(28)13-27(32(3,30)31)17-9-10-18(23)19(24)11-17/h5-11,14H,4,12-13H2,1-3H3,(H,25,29). The lowest BCUT2D eigenvalue weighted by molar-refractivity contribution is -0.139. The molecule has 1 atom stereocenters. The van der Waals surface area contributed by atoms with Crippen LogP contribution in [-0.2, 0) is 26.2 Å². The van der Waals surface area contributed by atoms with E-state index in [1.165, 1.54) is 11.8 Å². The van der Waals surface area contributed by atoms with Gasteiger partial charge in [0.25, 0.3) is 0 Å². The Morgan fingerprint density at radius 2 is 1.72 bits per heavy atom. The average Bonchev–Trinajstić information content (AvgIpc) is 2.72. The second-order valence-corrected chi connectivity index (χ2v) is 9.43. The van der Waals surface area contributed by atoms with Crippen LogP contribution in [0.15, 0.2) is 42.5 Å². The molecule has 0 aliphatic heterocycles. The first-order chi connectivity index (χ1) is 14.9. The number of carbonyl (C=O) groups is 2. The fraction of sp³-hybridized carbons (Fsp3) is 0.333. The molecular weight excluding hydrogens is 464 g/mol. The number of nitrogens with zero attached hydrogens (tertiary/aromatic N) is 2. The van der Waals surface area contributed by atoms with Crippen LogP contribution in [-0.4, -0.2) is 50.5 Å². The van der Waals surface area contributed by atoms with Crippen LogP contribution in [0.4, 0.5) is 14.5 Å². The maximum atomic E-state index is 13.7. The predicted octanol–water partition coefficient (Wildman–Crippen LogP) is 2.94. The van der Waals surface area contributed by atoms with Gasteiger partial charge in [0.2, 0.25) is 21.8 Å². The highest BCUT2D eigenvalue weighted by Gasteiger charge is 2.30. The van der Waals surface area contributed by atoms with E-state index in [1.807, 2.05) is 0 Å². The Labute approximate surface area is 191 Å². The van der Waals surface area contributed by atoms with Crippen molar-refractivity contribution in [3.05, 3.63) is 64.7 Å². The van der Waals surface area contributed by atoms with Gasteiger partial charge in [0.15, 0.2) is 11.6 Å². The van der Waals surface area contributed by atoms with Crippen LogP contribution >= 0.6 is 11.6 Å². The monoisotopic (exact) mass is 487 g/mol. The summed E-state index contributed by atoms with van der Waals surface area (Å²) in [4.78, 5) is 26.8. The lowest BCUT2D eigenvalue weighted by atomic mass is 10.1. The third-order valence-electron chi connectivity index (χ3n) is 4.65. The fourth-order valence-electron chi connectivity index (χ4n) is 2.94. The first-order valence-electron chi connectivity index (χ1n) is 9.68. The number of nitrogens with one attached hydrogen (secondary N) is 1. The van der Waals surface area contributed by atoms with E-state index in [-0.39, 0.29) is 12.2 Å². The van der Waals surface area contributed by atoms with E-state index in [0.29, 0.717) is 27.5 Å². The maximum absolute atomic E-state index is 13.7. The summed E-state index contributed by atoms with van der Waals surface area (Å²) in [6, 6.07) is 8.21. The number of hydrogen-bond donors (Lipinski definition) is 1. The SMILES string of the molecule is CCNC(=O)C(C)N(Cc1ccc(Cl)cc1)C(=O)CN(c1ccc(F)c(F)c1)S(C)(=O)=O. The quantitative estimate of drug-likeness (QED) is 0.589. The van der Waals surface area contributed by atoms with Crippen LogP contribution in [0.1, 0.15) is 19.4 Å². The highest BCUT2D eigenvalue weighted by Crippen LogP contribution is 2.22. The second kappa shape index (κ2) is 10.7. The Bertz CT molecular complexity index is 1080. The van der Waals surface area contributed by atoms with E-state index < -0.39 is 46.1 Å². The van der Waals surface area contributed by atoms with Crippen molar-refractivity contribution in [2.75, 3.05) is 23.7 Å². The number of benzene rings is 2. The highest BCUT2D eigenvalue weighted by molar-refractivity contribution is 7.92. The molecule has 0 saturated carbocycles. The molecule has 0 aliphatic rings.